The van der Waals surface area contributed by atoms with Crippen LogP contribution >= 0.6 is 0 Å². The summed E-state index contributed by atoms with van der Waals surface area (Å²) in [5.74, 6) is 2.09. The molecule has 0 unspecified atom stereocenters. The molecule has 0 amide bonds. The van der Waals surface area contributed by atoms with E-state index >= 15 is 0 Å². The van der Waals surface area contributed by atoms with E-state index in [4.69, 9.17) is 4.74 Å². The van der Waals surface area contributed by atoms with Crippen molar-refractivity contribution >= 4 is 11.8 Å². The summed E-state index contributed by atoms with van der Waals surface area (Å²) in [7, 11) is 0. The second-order valence-corrected chi connectivity index (χ2v) is 11.7. The molecule has 0 saturated heterocycles. The third-order valence-electron chi connectivity index (χ3n) is 9.78. The van der Waals surface area contributed by atoms with Crippen LogP contribution in [0.15, 0.2) is 36.5 Å². The van der Waals surface area contributed by atoms with Gasteiger partial charge in [-0.15, -0.1) is 6.58 Å². The lowest BCUT2D eigenvalue weighted by atomic mass is 9.48. The van der Waals surface area contributed by atoms with Crippen LogP contribution in [0.5, 0.6) is 0 Å². The number of hydrogen-bond acceptors (Lipinski definition) is 3. The molecule has 0 bridgehead atoms. The maximum absolute atomic E-state index is 12.7. The SMILES string of the molecule is C=CCCCCCCCCC(=O)O[C@H]1CC[C@H]2[C@@H]3CCC4=CC(=O)C=C[C@]4(C)[C@H]3CC[C@@]12C. The summed E-state index contributed by atoms with van der Waals surface area (Å²) >= 11 is 0. The number of ether oxygens (including phenoxy) is 1. The Bertz CT molecular complexity index is 807. The first-order valence-corrected chi connectivity index (χ1v) is 13.6. The Kier molecular flexibility index (Phi) is 7.66. The predicted octanol–water partition coefficient (Wildman–Crippen LogP) is 7.51. The third-order valence-corrected chi connectivity index (χ3v) is 9.78. The Morgan fingerprint density at radius 2 is 1.82 bits per heavy atom. The van der Waals surface area contributed by atoms with E-state index in [0.717, 1.165) is 38.5 Å². The standard InChI is InChI=1S/C30H44O3/c1-4-5-6-7-8-9-10-11-12-28(32)33-27-16-15-25-24-14-13-22-21-23(31)17-19-29(22,2)26(24)18-20-30(25,27)3/h4,17,19,21,24-27H,1,5-16,18,20H2,2-3H3/t24-,25-,26-,27-,29-,30+/m0/s1. The summed E-state index contributed by atoms with van der Waals surface area (Å²) in [5.41, 5.74) is 1.51. The molecule has 3 saturated carbocycles. The fourth-order valence-corrected chi connectivity index (χ4v) is 7.83. The van der Waals surface area contributed by atoms with E-state index in [1.54, 1.807) is 6.08 Å². The molecule has 182 valence electrons. The van der Waals surface area contributed by atoms with E-state index in [2.05, 4.69) is 26.5 Å². The van der Waals surface area contributed by atoms with Crippen molar-refractivity contribution < 1.29 is 14.3 Å². The van der Waals surface area contributed by atoms with Crippen molar-refractivity contribution in [2.75, 3.05) is 0 Å². The molecule has 0 heterocycles. The fraction of sp³-hybridized carbons (Fsp3) is 0.733. The number of ketones is 1. The molecule has 4 aliphatic carbocycles. The quantitative estimate of drug-likeness (QED) is 0.196. The molecule has 3 heteroatoms. The topological polar surface area (TPSA) is 43.4 Å². The maximum atomic E-state index is 12.7. The number of hydrogen-bond donors (Lipinski definition) is 0. The van der Waals surface area contributed by atoms with Crippen LogP contribution in [0.3, 0.4) is 0 Å². The summed E-state index contributed by atoms with van der Waals surface area (Å²) < 4.78 is 6.15. The van der Waals surface area contributed by atoms with Crippen LogP contribution in [0.25, 0.3) is 0 Å². The number of carbonyl (C=O) groups is 2. The van der Waals surface area contributed by atoms with Crippen molar-refractivity contribution in [3.8, 4) is 0 Å². The Balaban J connectivity index is 1.28. The van der Waals surface area contributed by atoms with Gasteiger partial charge >= 0.3 is 5.97 Å². The van der Waals surface area contributed by atoms with Crippen molar-refractivity contribution in [1.82, 2.24) is 0 Å². The summed E-state index contributed by atoms with van der Waals surface area (Å²) in [6, 6.07) is 0. The first-order chi connectivity index (χ1) is 15.9. The molecule has 33 heavy (non-hydrogen) atoms. The molecule has 0 aromatic carbocycles. The molecule has 0 radical (unpaired) electrons. The molecule has 4 rings (SSSR count). The highest BCUT2D eigenvalue weighted by Gasteiger charge is 2.59. The summed E-state index contributed by atoms with van der Waals surface area (Å²) in [6.45, 7) is 8.53. The van der Waals surface area contributed by atoms with Crippen LogP contribution in [0, 0.1) is 28.6 Å². The highest BCUT2D eigenvalue weighted by Crippen LogP contribution is 2.64. The van der Waals surface area contributed by atoms with Crippen molar-refractivity contribution in [3.05, 3.63) is 36.5 Å². The molecule has 6 atom stereocenters. The van der Waals surface area contributed by atoms with Gasteiger partial charge in [-0.1, -0.05) is 57.3 Å². The minimum absolute atomic E-state index is 0.0187. The molecular formula is C30H44O3. The van der Waals surface area contributed by atoms with Gasteiger partial charge in [-0.3, -0.25) is 9.59 Å². The lowest BCUT2D eigenvalue weighted by molar-refractivity contribution is -0.159. The van der Waals surface area contributed by atoms with E-state index < -0.39 is 0 Å². The van der Waals surface area contributed by atoms with Gasteiger partial charge in [0.15, 0.2) is 5.78 Å². The van der Waals surface area contributed by atoms with Crippen LogP contribution < -0.4 is 0 Å². The largest absolute Gasteiger partial charge is 0.462 e. The fourth-order valence-electron chi connectivity index (χ4n) is 7.83. The Hall–Kier alpha value is -1.64. The van der Waals surface area contributed by atoms with Gasteiger partial charge in [0.2, 0.25) is 0 Å². The zero-order chi connectivity index (χ0) is 23.5. The first kappa shape index (κ1) is 24.5. The summed E-state index contributed by atoms with van der Waals surface area (Å²) in [4.78, 5) is 24.6. The number of allylic oxidation sites excluding steroid dienone is 5. The van der Waals surface area contributed by atoms with E-state index in [9.17, 15) is 9.59 Å². The molecule has 0 aliphatic heterocycles. The van der Waals surface area contributed by atoms with Gasteiger partial charge in [0.25, 0.3) is 0 Å². The second-order valence-electron chi connectivity index (χ2n) is 11.7. The van der Waals surface area contributed by atoms with Gasteiger partial charge in [-0.25, -0.2) is 0 Å². The van der Waals surface area contributed by atoms with E-state index in [1.807, 2.05) is 12.2 Å². The van der Waals surface area contributed by atoms with E-state index in [-0.39, 0.29) is 28.7 Å². The minimum atomic E-state index is 0.0187. The van der Waals surface area contributed by atoms with Crippen LogP contribution in [-0.2, 0) is 14.3 Å². The molecule has 3 fully saturated rings. The van der Waals surface area contributed by atoms with Crippen LogP contribution in [0.1, 0.15) is 104 Å². The average Bonchev–Trinajstić information content (AvgIpc) is 3.12. The molecule has 4 aliphatic rings. The Morgan fingerprint density at radius 3 is 2.61 bits per heavy atom. The van der Waals surface area contributed by atoms with Crippen molar-refractivity contribution in [3.63, 3.8) is 0 Å². The van der Waals surface area contributed by atoms with Gasteiger partial charge in [0, 0.05) is 17.3 Å². The second kappa shape index (κ2) is 10.3. The lowest BCUT2D eigenvalue weighted by Crippen LogP contribution is -2.51. The monoisotopic (exact) mass is 452 g/mol. The van der Waals surface area contributed by atoms with Crippen LogP contribution in [0.4, 0.5) is 0 Å². The zero-order valence-electron chi connectivity index (χ0n) is 21.0. The van der Waals surface area contributed by atoms with Gasteiger partial charge in [-0.05, 0) is 87.7 Å². The number of carbonyl (C=O) groups excluding carboxylic acids is 2. The average molecular weight is 453 g/mol. The smallest absolute Gasteiger partial charge is 0.306 e. The number of fused-ring (bicyclic) bond motifs is 5. The number of esters is 1. The first-order valence-electron chi connectivity index (χ1n) is 13.6. The highest BCUT2D eigenvalue weighted by atomic mass is 16.5. The number of rotatable bonds is 10. The van der Waals surface area contributed by atoms with Crippen LogP contribution in [-0.4, -0.2) is 17.9 Å². The highest BCUT2D eigenvalue weighted by molar-refractivity contribution is 6.01. The normalized spacial score (nSPS) is 37.0. The third kappa shape index (κ3) is 4.93. The summed E-state index contributed by atoms with van der Waals surface area (Å²) in [6.07, 6.45) is 23.4. The summed E-state index contributed by atoms with van der Waals surface area (Å²) in [5, 5.41) is 0. The molecule has 3 nitrogen and oxygen atoms in total. The van der Waals surface area contributed by atoms with Gasteiger partial charge in [0.05, 0.1) is 0 Å². The van der Waals surface area contributed by atoms with Crippen LogP contribution in [0.2, 0.25) is 0 Å². The molecule has 0 spiro atoms. The zero-order valence-corrected chi connectivity index (χ0v) is 21.0. The van der Waals surface area contributed by atoms with Gasteiger partial charge < -0.3 is 4.74 Å². The molecule has 0 N–H and O–H groups in total. The lowest BCUT2D eigenvalue weighted by Gasteiger charge is -2.56. The van der Waals surface area contributed by atoms with Crippen molar-refractivity contribution in [2.45, 2.75) is 110 Å². The molecular weight excluding hydrogens is 408 g/mol. The van der Waals surface area contributed by atoms with Crippen molar-refractivity contribution in [2.24, 2.45) is 28.6 Å². The maximum Gasteiger partial charge on any atom is 0.306 e. The van der Waals surface area contributed by atoms with Crippen molar-refractivity contribution in [1.29, 1.82) is 0 Å². The number of unbranched alkanes of at least 4 members (excludes halogenated alkanes) is 6. The van der Waals surface area contributed by atoms with Gasteiger partial charge in [0.1, 0.15) is 6.10 Å². The van der Waals surface area contributed by atoms with E-state index in [1.165, 1.54) is 50.5 Å². The van der Waals surface area contributed by atoms with Gasteiger partial charge in [-0.2, -0.15) is 0 Å². The Labute approximate surface area is 201 Å². The minimum Gasteiger partial charge on any atom is -0.462 e. The predicted molar refractivity (Wildman–Crippen MR) is 134 cm³/mol. The molecule has 0 aromatic rings. The Morgan fingerprint density at radius 1 is 1.06 bits per heavy atom. The van der Waals surface area contributed by atoms with E-state index in [0.29, 0.717) is 24.2 Å². The molecule has 0 aromatic heterocycles.